The van der Waals surface area contributed by atoms with Crippen LogP contribution in [0.1, 0.15) is 17.3 Å². The lowest BCUT2D eigenvalue weighted by Crippen LogP contribution is -2.14. The van der Waals surface area contributed by atoms with E-state index in [0.717, 1.165) is 11.8 Å². The first-order valence-electron chi connectivity index (χ1n) is 4.54. The van der Waals surface area contributed by atoms with Crippen LogP contribution in [0.4, 0.5) is 0 Å². The molecule has 0 saturated carbocycles. The Morgan fingerprint density at radius 1 is 1.33 bits per heavy atom. The molecule has 1 aromatic carbocycles. The Morgan fingerprint density at radius 3 is 2.47 bits per heavy atom. The van der Waals surface area contributed by atoms with Crippen LogP contribution >= 0.6 is 11.8 Å². The van der Waals surface area contributed by atoms with Gasteiger partial charge in [0.1, 0.15) is 0 Å². The third-order valence-corrected chi connectivity index (χ3v) is 3.04. The van der Waals surface area contributed by atoms with E-state index in [1.54, 1.807) is 31.2 Å². The molecular formula is C11H12O3S. The second kappa shape index (κ2) is 5.56. The summed E-state index contributed by atoms with van der Waals surface area (Å²) < 4.78 is 0. The van der Waals surface area contributed by atoms with E-state index in [2.05, 4.69) is 0 Å². The van der Waals surface area contributed by atoms with Crippen LogP contribution in [0.2, 0.25) is 0 Å². The van der Waals surface area contributed by atoms with E-state index in [1.807, 2.05) is 6.07 Å². The van der Waals surface area contributed by atoms with Crippen LogP contribution in [0, 0.1) is 0 Å². The van der Waals surface area contributed by atoms with Gasteiger partial charge in [-0.05, 0) is 6.92 Å². The quantitative estimate of drug-likeness (QED) is 0.778. The topological polar surface area (TPSA) is 54.4 Å². The summed E-state index contributed by atoms with van der Waals surface area (Å²) in [7, 11) is 0. The van der Waals surface area contributed by atoms with Crippen molar-refractivity contribution in [2.45, 2.75) is 12.2 Å². The van der Waals surface area contributed by atoms with Crippen molar-refractivity contribution in [1.29, 1.82) is 0 Å². The van der Waals surface area contributed by atoms with Crippen LogP contribution < -0.4 is 0 Å². The fourth-order valence-corrected chi connectivity index (χ4v) is 1.69. The van der Waals surface area contributed by atoms with Gasteiger partial charge in [-0.15, -0.1) is 11.8 Å². The summed E-state index contributed by atoms with van der Waals surface area (Å²) in [5, 5.41) is 8.09. The fourth-order valence-electron chi connectivity index (χ4n) is 0.979. The van der Waals surface area contributed by atoms with E-state index < -0.39 is 11.2 Å². The lowest BCUT2D eigenvalue weighted by atomic mass is 10.2. The lowest BCUT2D eigenvalue weighted by molar-refractivity contribution is -0.136. The zero-order valence-corrected chi connectivity index (χ0v) is 9.16. The smallest absolute Gasteiger partial charge is 0.316 e. The number of benzene rings is 1. The molecular weight excluding hydrogens is 212 g/mol. The summed E-state index contributed by atoms with van der Waals surface area (Å²) in [4.78, 5) is 22.1. The molecule has 0 aliphatic carbocycles. The number of hydrogen-bond acceptors (Lipinski definition) is 3. The van der Waals surface area contributed by atoms with Crippen LogP contribution in [-0.2, 0) is 4.79 Å². The molecule has 0 aliphatic rings. The highest BCUT2D eigenvalue weighted by Crippen LogP contribution is 2.13. The Morgan fingerprint density at radius 2 is 1.93 bits per heavy atom. The van der Waals surface area contributed by atoms with Gasteiger partial charge in [-0.3, -0.25) is 9.59 Å². The number of aliphatic carboxylic acids is 1. The number of carboxylic acid groups (broad SMARTS) is 1. The molecule has 3 nitrogen and oxygen atoms in total. The van der Waals surface area contributed by atoms with Crippen molar-refractivity contribution < 1.29 is 14.7 Å². The largest absolute Gasteiger partial charge is 0.480 e. The Balaban J connectivity index is 2.47. The minimum atomic E-state index is -0.888. The van der Waals surface area contributed by atoms with Crippen LogP contribution in [0.3, 0.4) is 0 Å². The molecule has 0 heterocycles. The van der Waals surface area contributed by atoms with Gasteiger partial charge in [-0.25, -0.2) is 0 Å². The highest BCUT2D eigenvalue weighted by Gasteiger charge is 2.14. The highest BCUT2D eigenvalue weighted by molar-refractivity contribution is 8.01. The van der Waals surface area contributed by atoms with E-state index in [9.17, 15) is 9.59 Å². The Bertz CT molecular complexity index is 348. The maximum Gasteiger partial charge on any atom is 0.316 e. The van der Waals surface area contributed by atoms with Gasteiger partial charge in [0.05, 0.1) is 11.0 Å². The molecule has 0 radical (unpaired) electrons. The SMILES string of the molecule is CC(SCC(=O)c1ccccc1)C(=O)O. The first kappa shape index (κ1) is 11.8. The third kappa shape index (κ3) is 3.75. The van der Waals surface area contributed by atoms with Gasteiger partial charge in [0.15, 0.2) is 5.78 Å². The molecule has 1 N–H and O–H groups in total. The summed E-state index contributed by atoms with van der Waals surface area (Å²) >= 11 is 1.14. The monoisotopic (exact) mass is 224 g/mol. The first-order chi connectivity index (χ1) is 7.11. The second-order valence-electron chi connectivity index (χ2n) is 3.08. The van der Waals surface area contributed by atoms with Gasteiger partial charge in [-0.1, -0.05) is 30.3 Å². The molecule has 0 saturated heterocycles. The van der Waals surface area contributed by atoms with E-state index in [4.69, 9.17) is 5.11 Å². The van der Waals surface area contributed by atoms with Gasteiger partial charge in [0.2, 0.25) is 0 Å². The number of ketones is 1. The maximum absolute atomic E-state index is 11.6. The van der Waals surface area contributed by atoms with Crippen molar-refractivity contribution in [3.05, 3.63) is 35.9 Å². The van der Waals surface area contributed by atoms with Crippen molar-refractivity contribution in [1.82, 2.24) is 0 Å². The summed E-state index contributed by atoms with van der Waals surface area (Å²) in [5.41, 5.74) is 0.627. The molecule has 1 unspecified atom stereocenters. The van der Waals surface area contributed by atoms with Gasteiger partial charge in [-0.2, -0.15) is 0 Å². The molecule has 80 valence electrons. The third-order valence-electron chi connectivity index (χ3n) is 1.91. The average Bonchev–Trinajstić information content (AvgIpc) is 2.26. The zero-order valence-electron chi connectivity index (χ0n) is 8.34. The standard InChI is InChI=1S/C11H12O3S/c1-8(11(13)14)15-7-10(12)9-5-3-2-4-6-9/h2-6,8H,7H2,1H3,(H,13,14). The van der Waals surface area contributed by atoms with Gasteiger partial charge in [0, 0.05) is 5.56 Å². The Kier molecular flexibility index (Phi) is 4.37. The molecule has 15 heavy (non-hydrogen) atoms. The molecule has 0 spiro atoms. The number of hydrogen-bond donors (Lipinski definition) is 1. The number of Topliss-reactive ketones (excluding diaryl/α,β-unsaturated/α-hetero) is 1. The predicted molar refractivity (Wildman–Crippen MR) is 60.3 cm³/mol. The number of rotatable bonds is 5. The Labute approximate surface area is 92.5 Å². The number of carbonyl (C=O) groups excluding carboxylic acids is 1. The zero-order chi connectivity index (χ0) is 11.3. The van der Waals surface area contributed by atoms with E-state index in [1.165, 1.54) is 0 Å². The molecule has 0 aromatic heterocycles. The first-order valence-corrected chi connectivity index (χ1v) is 5.59. The molecule has 1 rings (SSSR count). The van der Waals surface area contributed by atoms with Crippen LogP contribution in [0.15, 0.2) is 30.3 Å². The highest BCUT2D eigenvalue weighted by atomic mass is 32.2. The van der Waals surface area contributed by atoms with Crippen LogP contribution in [0.5, 0.6) is 0 Å². The molecule has 4 heteroatoms. The lowest BCUT2D eigenvalue weighted by Gasteiger charge is -2.04. The van der Waals surface area contributed by atoms with Crippen molar-refractivity contribution in [3.63, 3.8) is 0 Å². The van der Waals surface area contributed by atoms with Crippen molar-refractivity contribution >= 4 is 23.5 Å². The minimum Gasteiger partial charge on any atom is -0.480 e. The summed E-state index contributed by atoms with van der Waals surface area (Å²) in [6, 6.07) is 8.88. The average molecular weight is 224 g/mol. The van der Waals surface area contributed by atoms with Crippen molar-refractivity contribution in [2.75, 3.05) is 5.75 Å². The van der Waals surface area contributed by atoms with Crippen molar-refractivity contribution in [3.8, 4) is 0 Å². The molecule has 0 fully saturated rings. The van der Waals surface area contributed by atoms with Crippen LogP contribution in [0.25, 0.3) is 0 Å². The van der Waals surface area contributed by atoms with E-state index in [-0.39, 0.29) is 11.5 Å². The van der Waals surface area contributed by atoms with Gasteiger partial charge in [0.25, 0.3) is 0 Å². The Hall–Kier alpha value is -1.29. The van der Waals surface area contributed by atoms with E-state index >= 15 is 0 Å². The van der Waals surface area contributed by atoms with E-state index in [0.29, 0.717) is 5.56 Å². The maximum atomic E-state index is 11.6. The summed E-state index contributed by atoms with van der Waals surface area (Å²) in [6.45, 7) is 1.57. The second-order valence-corrected chi connectivity index (χ2v) is 4.41. The van der Waals surface area contributed by atoms with Crippen LogP contribution in [-0.4, -0.2) is 27.9 Å². The van der Waals surface area contributed by atoms with Crippen molar-refractivity contribution in [2.24, 2.45) is 0 Å². The molecule has 0 bridgehead atoms. The minimum absolute atomic E-state index is 0.0336. The molecule has 0 aliphatic heterocycles. The number of carbonyl (C=O) groups is 2. The fraction of sp³-hybridized carbons (Fsp3) is 0.273. The van der Waals surface area contributed by atoms with Gasteiger partial charge >= 0.3 is 5.97 Å². The predicted octanol–water partition coefficient (Wildman–Crippen LogP) is 2.08. The molecule has 1 aromatic rings. The molecule has 1 atom stereocenters. The van der Waals surface area contributed by atoms with Gasteiger partial charge < -0.3 is 5.11 Å². The summed E-state index contributed by atoms with van der Waals surface area (Å²) in [5.74, 6) is -0.716. The number of thioether (sulfide) groups is 1. The summed E-state index contributed by atoms with van der Waals surface area (Å²) in [6.07, 6.45) is 0. The number of carboxylic acids is 1. The molecule has 0 amide bonds. The normalized spacial score (nSPS) is 12.1.